The highest BCUT2D eigenvalue weighted by atomic mass is 16.4. The van der Waals surface area contributed by atoms with Crippen LogP contribution in [0.4, 0.5) is 10.5 Å². The number of nitrogens with one attached hydrogen (secondary N) is 1. The van der Waals surface area contributed by atoms with E-state index in [1.54, 1.807) is 12.1 Å². The summed E-state index contributed by atoms with van der Waals surface area (Å²) >= 11 is 0. The van der Waals surface area contributed by atoms with Crippen molar-refractivity contribution in [2.24, 2.45) is 0 Å². The lowest BCUT2D eigenvalue weighted by Gasteiger charge is -2.39. The van der Waals surface area contributed by atoms with Gasteiger partial charge in [-0.3, -0.25) is 0 Å². The number of anilines is 1. The Morgan fingerprint density at radius 1 is 1.33 bits per heavy atom. The van der Waals surface area contributed by atoms with Crippen LogP contribution in [-0.2, 0) is 6.54 Å². The summed E-state index contributed by atoms with van der Waals surface area (Å²) < 4.78 is 0. The van der Waals surface area contributed by atoms with Gasteiger partial charge in [-0.25, -0.2) is 9.59 Å². The second-order valence-electron chi connectivity index (χ2n) is 5.77. The lowest BCUT2D eigenvalue weighted by molar-refractivity contribution is 0.0696. The van der Waals surface area contributed by atoms with Gasteiger partial charge in [0, 0.05) is 18.3 Å². The minimum Gasteiger partial charge on any atom is -0.478 e. The molecular formula is C15H19N3O3. The van der Waals surface area contributed by atoms with E-state index in [9.17, 15) is 9.59 Å². The van der Waals surface area contributed by atoms with E-state index in [2.05, 4.69) is 17.3 Å². The quantitative estimate of drug-likeness (QED) is 0.871. The molecule has 0 unspecified atom stereocenters. The first-order valence-electron chi connectivity index (χ1n) is 7.17. The van der Waals surface area contributed by atoms with Crippen molar-refractivity contribution < 1.29 is 14.7 Å². The Kier molecular flexibility index (Phi) is 3.55. The molecule has 0 spiro atoms. The first-order valence-corrected chi connectivity index (χ1v) is 7.17. The Balaban J connectivity index is 1.79. The number of aromatic carboxylic acids is 1. The first-order chi connectivity index (χ1) is 10.0. The number of nitrogens with zero attached hydrogens (tertiary/aromatic N) is 2. The van der Waals surface area contributed by atoms with E-state index >= 15 is 0 Å². The molecule has 6 heteroatoms. The number of carboxylic acid groups (broad SMARTS) is 1. The van der Waals surface area contributed by atoms with E-state index in [-0.39, 0.29) is 17.6 Å². The fourth-order valence-corrected chi connectivity index (χ4v) is 3.01. The Morgan fingerprint density at radius 2 is 2.05 bits per heavy atom. The molecule has 1 aromatic rings. The molecule has 1 fully saturated rings. The van der Waals surface area contributed by atoms with Gasteiger partial charge in [0.2, 0.25) is 0 Å². The van der Waals surface area contributed by atoms with E-state index in [0.29, 0.717) is 12.2 Å². The summed E-state index contributed by atoms with van der Waals surface area (Å²) in [6, 6.07) is 5.04. The number of benzene rings is 1. The standard InChI is InChI=1S/C15H19N3O3/c1-17-6-4-12(5-7-17)18-9-11-3-2-10(14(19)20)8-13(11)16-15(18)21/h2-3,8,12H,4-7,9H2,1H3,(H,16,21)(H,19,20). The Hall–Kier alpha value is -2.08. The molecule has 3 rings (SSSR count). The smallest absolute Gasteiger partial charge is 0.335 e. The van der Waals surface area contributed by atoms with Crippen LogP contribution in [0.2, 0.25) is 0 Å². The number of hydrogen-bond acceptors (Lipinski definition) is 3. The SMILES string of the molecule is CN1CCC(N2Cc3ccc(C(=O)O)cc3NC2=O)CC1. The summed E-state index contributed by atoms with van der Waals surface area (Å²) in [5, 5.41) is 11.8. The van der Waals surface area contributed by atoms with Crippen molar-refractivity contribution in [2.45, 2.75) is 25.4 Å². The third kappa shape index (κ3) is 2.71. The Labute approximate surface area is 123 Å². The highest BCUT2D eigenvalue weighted by molar-refractivity contribution is 5.95. The molecule has 2 heterocycles. The van der Waals surface area contributed by atoms with Gasteiger partial charge >= 0.3 is 12.0 Å². The number of amides is 2. The van der Waals surface area contributed by atoms with Crippen molar-refractivity contribution in [1.29, 1.82) is 0 Å². The summed E-state index contributed by atoms with van der Waals surface area (Å²) in [6.45, 7) is 2.55. The number of fused-ring (bicyclic) bond motifs is 1. The van der Waals surface area contributed by atoms with Gasteiger partial charge < -0.3 is 20.2 Å². The summed E-state index contributed by atoms with van der Waals surface area (Å²) in [5.41, 5.74) is 1.78. The zero-order valence-electron chi connectivity index (χ0n) is 12.0. The number of rotatable bonds is 2. The third-order valence-corrected chi connectivity index (χ3v) is 4.33. The first kappa shape index (κ1) is 13.9. The maximum Gasteiger partial charge on any atom is 0.335 e. The topological polar surface area (TPSA) is 72.9 Å². The molecule has 0 radical (unpaired) electrons. The molecule has 0 aromatic heterocycles. The number of carbonyl (C=O) groups is 2. The van der Waals surface area contributed by atoms with Crippen LogP contribution in [0.3, 0.4) is 0 Å². The lowest BCUT2D eigenvalue weighted by Crippen LogP contribution is -2.49. The zero-order valence-corrected chi connectivity index (χ0v) is 12.0. The molecule has 2 amide bonds. The van der Waals surface area contributed by atoms with Crippen molar-refractivity contribution in [3.8, 4) is 0 Å². The lowest BCUT2D eigenvalue weighted by atomic mass is 10.0. The minimum atomic E-state index is -0.982. The van der Waals surface area contributed by atoms with E-state index in [1.165, 1.54) is 6.07 Å². The van der Waals surface area contributed by atoms with Crippen molar-refractivity contribution in [3.63, 3.8) is 0 Å². The summed E-state index contributed by atoms with van der Waals surface area (Å²) in [6.07, 6.45) is 1.96. The van der Waals surface area contributed by atoms with E-state index in [0.717, 1.165) is 31.5 Å². The molecule has 6 nitrogen and oxygen atoms in total. The number of carbonyl (C=O) groups excluding carboxylic acids is 1. The monoisotopic (exact) mass is 289 g/mol. The number of piperidine rings is 1. The van der Waals surface area contributed by atoms with Crippen molar-refractivity contribution in [1.82, 2.24) is 9.80 Å². The van der Waals surface area contributed by atoms with Crippen LogP contribution in [0.1, 0.15) is 28.8 Å². The predicted molar refractivity (Wildman–Crippen MR) is 78.5 cm³/mol. The van der Waals surface area contributed by atoms with Crippen LogP contribution in [0, 0.1) is 0 Å². The van der Waals surface area contributed by atoms with Crippen molar-refractivity contribution >= 4 is 17.7 Å². The minimum absolute atomic E-state index is 0.125. The second kappa shape index (κ2) is 5.37. The van der Waals surface area contributed by atoms with Crippen molar-refractivity contribution in [3.05, 3.63) is 29.3 Å². The average Bonchev–Trinajstić information content (AvgIpc) is 2.47. The molecule has 0 bridgehead atoms. The van der Waals surface area contributed by atoms with Crippen LogP contribution in [0.25, 0.3) is 0 Å². The van der Waals surface area contributed by atoms with Gasteiger partial charge in [-0.05, 0) is 50.7 Å². The third-order valence-electron chi connectivity index (χ3n) is 4.33. The number of likely N-dealkylation sites (tertiary alicyclic amines) is 1. The van der Waals surface area contributed by atoms with Crippen LogP contribution in [-0.4, -0.2) is 53.1 Å². The molecule has 0 saturated carbocycles. The molecule has 0 aliphatic carbocycles. The largest absolute Gasteiger partial charge is 0.478 e. The molecular weight excluding hydrogens is 270 g/mol. The Bertz CT molecular complexity index is 580. The molecule has 0 atom stereocenters. The molecule has 112 valence electrons. The van der Waals surface area contributed by atoms with Gasteiger partial charge in [-0.1, -0.05) is 6.07 Å². The van der Waals surface area contributed by atoms with Gasteiger partial charge in [0.25, 0.3) is 0 Å². The number of urea groups is 1. The maximum absolute atomic E-state index is 12.3. The molecule has 2 aliphatic heterocycles. The van der Waals surface area contributed by atoms with Gasteiger partial charge in [-0.2, -0.15) is 0 Å². The summed E-state index contributed by atoms with van der Waals surface area (Å²) in [5.74, 6) is -0.982. The molecule has 1 aromatic carbocycles. The highest BCUT2D eigenvalue weighted by Gasteiger charge is 2.31. The van der Waals surface area contributed by atoms with Gasteiger partial charge in [0.05, 0.1) is 5.56 Å². The predicted octanol–water partition coefficient (Wildman–Crippen LogP) is 1.83. The fourth-order valence-electron chi connectivity index (χ4n) is 3.01. The normalized spacial score (nSPS) is 20.0. The van der Waals surface area contributed by atoms with E-state index in [4.69, 9.17) is 5.11 Å². The second-order valence-corrected chi connectivity index (χ2v) is 5.77. The zero-order chi connectivity index (χ0) is 15.0. The van der Waals surface area contributed by atoms with Crippen LogP contribution >= 0.6 is 0 Å². The number of carboxylic acids is 1. The van der Waals surface area contributed by atoms with E-state index < -0.39 is 5.97 Å². The molecule has 2 aliphatic rings. The molecule has 1 saturated heterocycles. The van der Waals surface area contributed by atoms with Crippen LogP contribution < -0.4 is 5.32 Å². The Morgan fingerprint density at radius 3 is 2.71 bits per heavy atom. The van der Waals surface area contributed by atoms with Gasteiger partial charge in [0.15, 0.2) is 0 Å². The fraction of sp³-hybridized carbons (Fsp3) is 0.467. The maximum atomic E-state index is 12.3. The molecule has 2 N–H and O–H groups in total. The average molecular weight is 289 g/mol. The van der Waals surface area contributed by atoms with Crippen molar-refractivity contribution in [2.75, 3.05) is 25.5 Å². The highest BCUT2D eigenvalue weighted by Crippen LogP contribution is 2.28. The summed E-state index contributed by atoms with van der Waals surface area (Å²) in [4.78, 5) is 27.4. The van der Waals surface area contributed by atoms with Crippen LogP contribution in [0.15, 0.2) is 18.2 Å². The number of hydrogen-bond donors (Lipinski definition) is 2. The van der Waals surface area contributed by atoms with E-state index in [1.807, 2.05) is 4.90 Å². The molecule has 21 heavy (non-hydrogen) atoms. The van der Waals surface area contributed by atoms with Gasteiger partial charge in [0.1, 0.15) is 0 Å². The van der Waals surface area contributed by atoms with Gasteiger partial charge in [-0.15, -0.1) is 0 Å². The summed E-state index contributed by atoms with van der Waals surface area (Å²) in [7, 11) is 2.09. The van der Waals surface area contributed by atoms with Crippen LogP contribution in [0.5, 0.6) is 0 Å².